The topological polar surface area (TPSA) is 70.1 Å². The summed E-state index contributed by atoms with van der Waals surface area (Å²) in [5.74, 6) is 0.216. The van der Waals surface area contributed by atoms with E-state index in [-0.39, 0.29) is 35.5 Å². The lowest BCUT2D eigenvalue weighted by Gasteiger charge is -2.36. The zero-order chi connectivity index (χ0) is 20.8. The number of benzene rings is 1. The van der Waals surface area contributed by atoms with Crippen LogP contribution in [0.2, 0.25) is 0 Å². The second-order valence-electron chi connectivity index (χ2n) is 8.42. The maximum atomic E-state index is 13.5. The molecule has 0 radical (unpaired) electrons. The highest BCUT2D eigenvalue weighted by Crippen LogP contribution is 2.25. The first-order chi connectivity index (χ1) is 14.0. The van der Waals surface area contributed by atoms with Crippen LogP contribution in [0, 0.1) is 11.8 Å². The number of hydrogen-bond acceptors (Lipinski definition) is 4. The first-order valence-electron chi connectivity index (χ1n) is 11.0. The van der Waals surface area contributed by atoms with Crippen LogP contribution in [0.15, 0.2) is 24.3 Å². The van der Waals surface area contributed by atoms with Crippen molar-refractivity contribution >= 4 is 11.8 Å². The van der Waals surface area contributed by atoms with Crippen molar-refractivity contribution in [3.8, 4) is 5.75 Å². The third-order valence-corrected chi connectivity index (χ3v) is 6.23. The molecular weight excluding hydrogens is 368 g/mol. The van der Waals surface area contributed by atoms with Crippen LogP contribution in [0.3, 0.4) is 0 Å². The third-order valence-electron chi connectivity index (χ3n) is 6.23. The number of rotatable bonds is 7. The Morgan fingerprint density at radius 3 is 2.76 bits per heavy atom. The lowest BCUT2D eigenvalue weighted by Crippen LogP contribution is -2.49. The van der Waals surface area contributed by atoms with Crippen molar-refractivity contribution in [2.24, 2.45) is 11.8 Å². The minimum absolute atomic E-state index is 0.00638. The fourth-order valence-corrected chi connectivity index (χ4v) is 4.24. The van der Waals surface area contributed by atoms with E-state index in [1.807, 2.05) is 35.8 Å². The Bertz CT molecular complexity index is 702. The molecular formula is C23H34N2O4. The van der Waals surface area contributed by atoms with Gasteiger partial charge in [0.1, 0.15) is 5.75 Å². The van der Waals surface area contributed by atoms with Gasteiger partial charge < -0.3 is 19.6 Å². The number of likely N-dealkylation sites (tertiary alicyclic amines) is 1. The molecule has 3 unspecified atom stereocenters. The molecule has 1 aromatic rings. The van der Waals surface area contributed by atoms with Crippen molar-refractivity contribution in [2.45, 2.75) is 58.6 Å². The van der Waals surface area contributed by atoms with Gasteiger partial charge in [0.05, 0.1) is 12.0 Å². The average Bonchev–Trinajstić information content (AvgIpc) is 3.26. The number of piperidine rings is 1. The standard InChI is InChI=1S/C23H34N2O4/c1-3-17(2)22(27)24-12-6-9-19(15-24)23(28)25(16-20-10-7-13-29-20)14-18-8-4-5-11-21(18)26/h4-5,8,11,17,19-20,26H,3,6-7,9-10,12-16H2,1-2H3. The Morgan fingerprint density at radius 2 is 2.07 bits per heavy atom. The van der Waals surface area contributed by atoms with E-state index in [0.29, 0.717) is 19.6 Å². The van der Waals surface area contributed by atoms with Gasteiger partial charge in [0, 0.05) is 44.3 Å². The number of phenols is 1. The van der Waals surface area contributed by atoms with Crippen LogP contribution < -0.4 is 0 Å². The van der Waals surface area contributed by atoms with Crippen molar-refractivity contribution < 1.29 is 19.4 Å². The maximum absolute atomic E-state index is 13.5. The van der Waals surface area contributed by atoms with Gasteiger partial charge in [0.25, 0.3) is 0 Å². The van der Waals surface area contributed by atoms with Crippen LogP contribution in [0.25, 0.3) is 0 Å². The molecule has 0 spiro atoms. The molecule has 6 nitrogen and oxygen atoms in total. The molecule has 3 atom stereocenters. The molecule has 2 aliphatic heterocycles. The number of carbonyl (C=O) groups excluding carboxylic acids is 2. The van der Waals surface area contributed by atoms with Crippen molar-refractivity contribution in [2.75, 3.05) is 26.2 Å². The Balaban J connectivity index is 1.72. The van der Waals surface area contributed by atoms with E-state index in [0.717, 1.165) is 50.8 Å². The Kier molecular flexibility index (Phi) is 7.53. The largest absolute Gasteiger partial charge is 0.508 e. The highest BCUT2D eigenvalue weighted by Gasteiger charge is 2.34. The summed E-state index contributed by atoms with van der Waals surface area (Å²) >= 11 is 0. The molecule has 6 heteroatoms. The van der Waals surface area contributed by atoms with Crippen LogP contribution >= 0.6 is 0 Å². The molecule has 0 aliphatic carbocycles. The number of carbonyl (C=O) groups is 2. The third kappa shape index (κ3) is 5.50. The second-order valence-corrected chi connectivity index (χ2v) is 8.42. The van der Waals surface area contributed by atoms with Crippen LogP contribution in [-0.4, -0.2) is 59.1 Å². The van der Waals surface area contributed by atoms with Crippen molar-refractivity contribution in [3.63, 3.8) is 0 Å². The smallest absolute Gasteiger partial charge is 0.227 e. The monoisotopic (exact) mass is 402 g/mol. The Morgan fingerprint density at radius 1 is 1.28 bits per heavy atom. The van der Waals surface area contributed by atoms with Gasteiger partial charge in [-0.1, -0.05) is 32.0 Å². The van der Waals surface area contributed by atoms with Crippen LogP contribution in [-0.2, 0) is 20.9 Å². The zero-order valence-electron chi connectivity index (χ0n) is 17.7. The van der Waals surface area contributed by atoms with E-state index in [9.17, 15) is 14.7 Å². The molecule has 160 valence electrons. The number of phenolic OH excluding ortho intramolecular Hbond substituents is 1. The van der Waals surface area contributed by atoms with Crippen LogP contribution in [0.1, 0.15) is 51.5 Å². The zero-order valence-corrected chi connectivity index (χ0v) is 17.7. The van der Waals surface area contributed by atoms with Gasteiger partial charge >= 0.3 is 0 Å². The molecule has 2 heterocycles. The normalized spacial score (nSPS) is 23.0. The molecule has 0 bridgehead atoms. The molecule has 2 fully saturated rings. The van der Waals surface area contributed by atoms with E-state index in [1.165, 1.54) is 0 Å². The minimum Gasteiger partial charge on any atom is -0.508 e. The lowest BCUT2D eigenvalue weighted by atomic mass is 9.94. The van der Waals surface area contributed by atoms with Gasteiger partial charge in [-0.05, 0) is 38.2 Å². The lowest BCUT2D eigenvalue weighted by molar-refractivity contribution is -0.144. The quantitative estimate of drug-likeness (QED) is 0.760. The van der Waals surface area contributed by atoms with Crippen molar-refractivity contribution in [1.29, 1.82) is 0 Å². The predicted molar refractivity (Wildman–Crippen MR) is 111 cm³/mol. The average molecular weight is 403 g/mol. The molecule has 29 heavy (non-hydrogen) atoms. The molecule has 3 rings (SSSR count). The van der Waals surface area contributed by atoms with E-state index in [4.69, 9.17) is 4.74 Å². The van der Waals surface area contributed by atoms with Crippen molar-refractivity contribution in [1.82, 2.24) is 9.80 Å². The number of nitrogens with zero attached hydrogens (tertiary/aromatic N) is 2. The number of para-hydroxylation sites is 1. The van der Waals surface area contributed by atoms with Crippen LogP contribution in [0.4, 0.5) is 0 Å². The predicted octanol–water partition coefficient (Wildman–Crippen LogP) is 3.18. The summed E-state index contributed by atoms with van der Waals surface area (Å²) in [6.07, 6.45) is 4.48. The van der Waals surface area contributed by atoms with Crippen LogP contribution in [0.5, 0.6) is 5.75 Å². The van der Waals surface area contributed by atoms with Gasteiger partial charge in [-0.2, -0.15) is 0 Å². The summed E-state index contributed by atoms with van der Waals surface area (Å²) in [5.41, 5.74) is 0.738. The fourth-order valence-electron chi connectivity index (χ4n) is 4.24. The summed E-state index contributed by atoms with van der Waals surface area (Å²) < 4.78 is 5.77. The molecule has 2 saturated heterocycles. The maximum Gasteiger partial charge on any atom is 0.227 e. The summed E-state index contributed by atoms with van der Waals surface area (Å²) in [4.78, 5) is 29.8. The van der Waals surface area contributed by atoms with Crippen molar-refractivity contribution in [3.05, 3.63) is 29.8 Å². The Hall–Kier alpha value is -2.08. The molecule has 1 aromatic carbocycles. The SMILES string of the molecule is CCC(C)C(=O)N1CCCC(C(=O)N(Cc2ccccc2O)CC2CCCO2)C1. The molecule has 1 N–H and O–H groups in total. The number of hydrogen-bond donors (Lipinski definition) is 1. The summed E-state index contributed by atoms with van der Waals surface area (Å²) in [6, 6.07) is 7.16. The van der Waals surface area contributed by atoms with Gasteiger partial charge in [0.15, 0.2) is 0 Å². The van der Waals surface area contributed by atoms with Gasteiger partial charge in [-0.15, -0.1) is 0 Å². The van der Waals surface area contributed by atoms with Gasteiger partial charge in [-0.25, -0.2) is 0 Å². The minimum atomic E-state index is -0.191. The summed E-state index contributed by atoms with van der Waals surface area (Å²) in [7, 11) is 0. The molecule has 2 amide bonds. The van der Waals surface area contributed by atoms with E-state index in [1.54, 1.807) is 12.1 Å². The Labute approximate surface area is 173 Å². The van der Waals surface area contributed by atoms with E-state index in [2.05, 4.69) is 0 Å². The molecule has 0 saturated carbocycles. The summed E-state index contributed by atoms with van der Waals surface area (Å²) in [6.45, 7) is 6.83. The van der Waals surface area contributed by atoms with Gasteiger partial charge in [-0.3, -0.25) is 9.59 Å². The fraction of sp³-hybridized carbons (Fsp3) is 0.652. The molecule has 0 aromatic heterocycles. The summed E-state index contributed by atoms with van der Waals surface area (Å²) in [5, 5.41) is 10.2. The number of ether oxygens (including phenoxy) is 1. The number of amides is 2. The second kappa shape index (κ2) is 10.1. The van der Waals surface area contributed by atoms with Gasteiger partial charge in [0.2, 0.25) is 11.8 Å². The first kappa shape index (κ1) is 21.6. The highest BCUT2D eigenvalue weighted by atomic mass is 16.5. The van der Waals surface area contributed by atoms with E-state index >= 15 is 0 Å². The number of aromatic hydroxyl groups is 1. The first-order valence-corrected chi connectivity index (χ1v) is 11.0. The molecule has 2 aliphatic rings. The highest BCUT2D eigenvalue weighted by molar-refractivity contribution is 5.82. The van der Waals surface area contributed by atoms with E-state index < -0.39 is 0 Å².